The van der Waals surface area contributed by atoms with Crippen molar-refractivity contribution in [1.29, 1.82) is 0 Å². The maximum Gasteiger partial charge on any atom is 0.338 e. The van der Waals surface area contributed by atoms with Gasteiger partial charge in [0.1, 0.15) is 0 Å². The number of carbonyl (C=O) groups excluding carboxylic acids is 2. The van der Waals surface area contributed by atoms with Gasteiger partial charge in [0.05, 0.1) is 29.5 Å². The highest BCUT2D eigenvalue weighted by Crippen LogP contribution is 2.34. The van der Waals surface area contributed by atoms with Crippen molar-refractivity contribution in [3.05, 3.63) is 76.0 Å². The smallest absolute Gasteiger partial charge is 0.338 e. The molecule has 8 heteroatoms. The quantitative estimate of drug-likeness (QED) is 0.716. The summed E-state index contributed by atoms with van der Waals surface area (Å²) in [5.41, 5.74) is 1.90. The lowest BCUT2D eigenvalue weighted by molar-refractivity contribution is -0.139. The summed E-state index contributed by atoms with van der Waals surface area (Å²) in [6.07, 6.45) is 0. The van der Waals surface area contributed by atoms with Crippen LogP contribution < -0.4 is 10.2 Å². The molecule has 0 saturated heterocycles. The second-order valence-corrected chi connectivity index (χ2v) is 6.78. The molecule has 1 atom stereocenters. The number of urea groups is 1. The minimum Gasteiger partial charge on any atom is -0.478 e. The van der Waals surface area contributed by atoms with Crippen LogP contribution in [-0.4, -0.2) is 29.7 Å². The standard InChI is InChI=1S/C21H19ClN2O5/c1-3-29-20(27)17-12(2)24(16-10-6-14(7-11-16)19(25)26)21(28)23-18(17)13-4-8-15(22)9-5-13/h4-11,18H,3H2,1-2H3,(H,23,28)(H,25,26). The Labute approximate surface area is 172 Å². The number of nitrogens with zero attached hydrogens (tertiary/aromatic N) is 1. The molecule has 2 N–H and O–H groups in total. The minimum absolute atomic E-state index is 0.0949. The SMILES string of the molecule is CCOC(=O)C1=C(C)N(c2ccc(C(=O)O)cc2)C(=O)NC1c1ccc(Cl)cc1. The van der Waals surface area contributed by atoms with Crippen molar-refractivity contribution in [2.24, 2.45) is 0 Å². The fraction of sp³-hybridized carbons (Fsp3) is 0.190. The number of ether oxygens (including phenoxy) is 1. The van der Waals surface area contributed by atoms with Gasteiger partial charge in [-0.3, -0.25) is 4.90 Å². The van der Waals surface area contributed by atoms with Crippen molar-refractivity contribution in [3.8, 4) is 0 Å². The van der Waals surface area contributed by atoms with E-state index in [0.717, 1.165) is 0 Å². The molecule has 2 amide bonds. The first kappa shape index (κ1) is 20.4. The van der Waals surface area contributed by atoms with Gasteiger partial charge in [0, 0.05) is 10.7 Å². The van der Waals surface area contributed by atoms with Crippen molar-refractivity contribution >= 4 is 35.3 Å². The van der Waals surface area contributed by atoms with Gasteiger partial charge < -0.3 is 15.2 Å². The summed E-state index contributed by atoms with van der Waals surface area (Å²) in [6.45, 7) is 3.54. The van der Waals surface area contributed by atoms with E-state index in [1.165, 1.54) is 29.2 Å². The Morgan fingerprint density at radius 3 is 2.31 bits per heavy atom. The molecule has 0 spiro atoms. The summed E-state index contributed by atoms with van der Waals surface area (Å²) >= 11 is 5.95. The normalized spacial score (nSPS) is 16.4. The highest BCUT2D eigenvalue weighted by molar-refractivity contribution is 6.30. The van der Waals surface area contributed by atoms with E-state index in [1.807, 2.05) is 0 Å². The van der Waals surface area contributed by atoms with E-state index >= 15 is 0 Å². The molecule has 3 rings (SSSR count). The molecule has 0 saturated carbocycles. The molecule has 1 aliphatic rings. The van der Waals surface area contributed by atoms with Crippen LogP contribution in [0.5, 0.6) is 0 Å². The lowest BCUT2D eigenvalue weighted by Crippen LogP contribution is -2.48. The van der Waals surface area contributed by atoms with Crippen LogP contribution in [0.2, 0.25) is 5.02 Å². The number of aromatic carboxylic acids is 1. The third kappa shape index (κ3) is 4.09. The Morgan fingerprint density at radius 2 is 1.76 bits per heavy atom. The third-order valence-electron chi connectivity index (χ3n) is 4.56. The molecule has 150 valence electrons. The molecule has 1 unspecified atom stereocenters. The first-order valence-electron chi connectivity index (χ1n) is 8.90. The number of halogens is 1. The number of carboxylic acid groups (broad SMARTS) is 1. The van der Waals surface area contributed by atoms with Gasteiger partial charge >= 0.3 is 18.0 Å². The first-order valence-corrected chi connectivity index (χ1v) is 9.28. The van der Waals surface area contributed by atoms with Crippen molar-refractivity contribution in [2.45, 2.75) is 19.9 Å². The Bertz CT molecular complexity index is 983. The molecule has 2 aromatic carbocycles. The molecular weight excluding hydrogens is 396 g/mol. The molecule has 7 nitrogen and oxygen atoms in total. The van der Waals surface area contributed by atoms with E-state index in [2.05, 4.69) is 5.32 Å². The Balaban J connectivity index is 2.09. The van der Waals surface area contributed by atoms with Gasteiger partial charge in [0.2, 0.25) is 0 Å². The number of rotatable bonds is 5. The van der Waals surface area contributed by atoms with E-state index in [0.29, 0.717) is 22.0 Å². The fourth-order valence-electron chi connectivity index (χ4n) is 3.19. The molecule has 2 aromatic rings. The molecular formula is C21H19ClN2O5. The van der Waals surface area contributed by atoms with Crippen molar-refractivity contribution in [2.75, 3.05) is 11.5 Å². The van der Waals surface area contributed by atoms with Crippen molar-refractivity contribution < 1.29 is 24.2 Å². The van der Waals surface area contributed by atoms with Crippen LogP contribution in [0.1, 0.15) is 35.8 Å². The molecule has 1 heterocycles. The molecule has 0 bridgehead atoms. The zero-order chi connectivity index (χ0) is 21.1. The van der Waals surface area contributed by atoms with Gasteiger partial charge in [-0.15, -0.1) is 0 Å². The van der Waals surface area contributed by atoms with E-state index < -0.39 is 24.0 Å². The molecule has 0 aromatic heterocycles. The predicted molar refractivity (Wildman–Crippen MR) is 108 cm³/mol. The number of carboxylic acids is 1. The number of anilines is 1. The largest absolute Gasteiger partial charge is 0.478 e. The van der Waals surface area contributed by atoms with Gasteiger partial charge in [0.25, 0.3) is 0 Å². The number of amides is 2. The fourth-order valence-corrected chi connectivity index (χ4v) is 3.31. The lowest BCUT2D eigenvalue weighted by Gasteiger charge is -2.35. The van der Waals surface area contributed by atoms with E-state index in [9.17, 15) is 14.4 Å². The van der Waals surface area contributed by atoms with Crippen molar-refractivity contribution in [1.82, 2.24) is 5.32 Å². The maximum atomic E-state index is 12.9. The lowest BCUT2D eigenvalue weighted by atomic mass is 9.94. The Hall–Kier alpha value is -3.32. The third-order valence-corrected chi connectivity index (χ3v) is 4.81. The van der Waals surface area contributed by atoms with Crippen molar-refractivity contribution in [3.63, 3.8) is 0 Å². The van der Waals surface area contributed by atoms with Gasteiger partial charge in [-0.1, -0.05) is 23.7 Å². The molecule has 29 heavy (non-hydrogen) atoms. The second-order valence-electron chi connectivity index (χ2n) is 6.34. The van der Waals surface area contributed by atoms with Crippen LogP contribution in [0.25, 0.3) is 0 Å². The van der Waals surface area contributed by atoms with Crippen LogP contribution in [-0.2, 0) is 9.53 Å². The topological polar surface area (TPSA) is 95.9 Å². The number of carbonyl (C=O) groups is 3. The van der Waals surface area contributed by atoms with Gasteiger partial charge in [-0.05, 0) is 55.8 Å². The molecule has 0 radical (unpaired) electrons. The minimum atomic E-state index is -1.07. The highest BCUT2D eigenvalue weighted by Gasteiger charge is 2.37. The summed E-state index contributed by atoms with van der Waals surface area (Å²) in [6, 6.07) is 11.5. The van der Waals surface area contributed by atoms with Crippen LogP contribution in [0, 0.1) is 0 Å². The summed E-state index contributed by atoms with van der Waals surface area (Å²) in [5.74, 6) is -1.61. The van der Waals surface area contributed by atoms with Gasteiger partial charge in [0.15, 0.2) is 0 Å². The Morgan fingerprint density at radius 1 is 1.14 bits per heavy atom. The molecule has 0 aliphatic carbocycles. The van der Waals surface area contributed by atoms with E-state index in [4.69, 9.17) is 21.4 Å². The first-order chi connectivity index (χ1) is 13.8. The van der Waals surface area contributed by atoms with Crippen LogP contribution in [0.3, 0.4) is 0 Å². The van der Waals surface area contributed by atoms with Gasteiger partial charge in [-0.2, -0.15) is 0 Å². The predicted octanol–water partition coefficient (Wildman–Crippen LogP) is 4.15. The van der Waals surface area contributed by atoms with E-state index in [-0.39, 0.29) is 17.7 Å². The zero-order valence-electron chi connectivity index (χ0n) is 15.8. The second kappa shape index (κ2) is 8.36. The number of benzene rings is 2. The Kier molecular flexibility index (Phi) is 5.89. The maximum absolute atomic E-state index is 12.9. The van der Waals surface area contributed by atoms with Crippen LogP contribution in [0.15, 0.2) is 59.8 Å². The number of hydrogen-bond donors (Lipinski definition) is 2. The average Bonchev–Trinajstić information content (AvgIpc) is 2.68. The van der Waals surface area contributed by atoms with Gasteiger partial charge in [-0.25, -0.2) is 14.4 Å². The van der Waals surface area contributed by atoms with E-state index in [1.54, 1.807) is 38.1 Å². The summed E-state index contributed by atoms with van der Waals surface area (Å²) < 4.78 is 5.22. The monoisotopic (exact) mass is 414 g/mol. The molecule has 1 aliphatic heterocycles. The number of hydrogen-bond acceptors (Lipinski definition) is 4. The zero-order valence-corrected chi connectivity index (χ0v) is 16.6. The number of esters is 1. The number of allylic oxidation sites excluding steroid dienone is 1. The highest BCUT2D eigenvalue weighted by atomic mass is 35.5. The van der Waals surface area contributed by atoms with Crippen LogP contribution in [0.4, 0.5) is 10.5 Å². The summed E-state index contributed by atoms with van der Waals surface area (Å²) in [7, 11) is 0. The number of nitrogens with one attached hydrogen (secondary N) is 1. The average molecular weight is 415 g/mol. The molecule has 0 fully saturated rings. The van der Waals surface area contributed by atoms with Crippen LogP contribution >= 0.6 is 11.6 Å². The summed E-state index contributed by atoms with van der Waals surface area (Å²) in [5, 5.41) is 12.4. The summed E-state index contributed by atoms with van der Waals surface area (Å²) in [4.78, 5) is 38.0.